The van der Waals surface area contributed by atoms with Crippen LogP contribution in [0.5, 0.6) is 5.75 Å². The lowest BCUT2D eigenvalue weighted by atomic mass is 10.1. The van der Waals surface area contributed by atoms with Gasteiger partial charge in [-0.3, -0.25) is 9.59 Å². The molecule has 0 saturated heterocycles. The van der Waals surface area contributed by atoms with Crippen molar-refractivity contribution < 1.29 is 23.9 Å². The molecule has 0 aliphatic rings. The first kappa shape index (κ1) is 23.7. The van der Waals surface area contributed by atoms with Crippen LogP contribution in [-0.2, 0) is 20.7 Å². The molecule has 3 N–H and O–H groups in total. The van der Waals surface area contributed by atoms with Gasteiger partial charge in [0.25, 0.3) is 0 Å². The van der Waals surface area contributed by atoms with Crippen LogP contribution in [0.4, 0.5) is 16.2 Å². The summed E-state index contributed by atoms with van der Waals surface area (Å²) in [5.74, 6) is 0.166. The average Bonchev–Trinajstić information content (AvgIpc) is 2.67. The number of hydrogen-bond donors (Lipinski definition) is 3. The molecule has 3 amide bonds. The molecule has 2 rings (SSSR count). The lowest BCUT2D eigenvalue weighted by molar-refractivity contribution is -0.116. The van der Waals surface area contributed by atoms with Crippen molar-refractivity contribution in [1.29, 1.82) is 0 Å². The molecule has 8 nitrogen and oxygen atoms in total. The first-order chi connectivity index (χ1) is 14.6. The fraction of sp³-hybridized carbons (Fsp3) is 0.348. The van der Waals surface area contributed by atoms with E-state index in [9.17, 15) is 14.4 Å². The van der Waals surface area contributed by atoms with Crippen LogP contribution in [0.1, 0.15) is 33.3 Å². The highest BCUT2D eigenvalue weighted by atomic mass is 16.6. The Bertz CT molecular complexity index is 904. The number of carbonyl (C=O) groups excluding carboxylic acids is 3. The number of nitrogens with one attached hydrogen (secondary N) is 3. The number of carbonyl (C=O) groups is 3. The Morgan fingerprint density at radius 1 is 0.903 bits per heavy atom. The summed E-state index contributed by atoms with van der Waals surface area (Å²) in [5, 5.41) is 7.87. The minimum absolute atomic E-state index is 0.181. The van der Waals surface area contributed by atoms with Crippen molar-refractivity contribution in [2.45, 2.75) is 39.7 Å². The first-order valence-electron chi connectivity index (χ1n) is 10.0. The van der Waals surface area contributed by atoms with Crippen molar-refractivity contribution in [3.63, 3.8) is 0 Å². The van der Waals surface area contributed by atoms with Gasteiger partial charge < -0.3 is 25.4 Å². The van der Waals surface area contributed by atoms with Crippen LogP contribution in [-0.4, -0.2) is 36.7 Å². The summed E-state index contributed by atoms with van der Waals surface area (Å²) in [4.78, 5) is 36.0. The van der Waals surface area contributed by atoms with Gasteiger partial charge in [-0.2, -0.15) is 0 Å². The fourth-order valence-electron chi connectivity index (χ4n) is 2.61. The Morgan fingerprint density at radius 3 is 2.10 bits per heavy atom. The third-order valence-electron chi connectivity index (χ3n) is 3.82. The van der Waals surface area contributed by atoms with Crippen molar-refractivity contribution in [3.05, 3.63) is 54.1 Å². The number of hydrogen-bond acceptors (Lipinski definition) is 5. The summed E-state index contributed by atoms with van der Waals surface area (Å²) in [6.45, 7) is 7.48. The maximum Gasteiger partial charge on any atom is 0.408 e. The third-order valence-corrected chi connectivity index (χ3v) is 3.82. The molecule has 0 saturated carbocycles. The van der Waals surface area contributed by atoms with Gasteiger partial charge in [0, 0.05) is 11.4 Å². The zero-order chi connectivity index (χ0) is 22.9. The molecular weight excluding hydrogens is 398 g/mol. The number of benzene rings is 2. The molecule has 0 aliphatic carbocycles. The molecule has 2 aromatic rings. The van der Waals surface area contributed by atoms with Gasteiger partial charge in [0.2, 0.25) is 11.8 Å². The van der Waals surface area contributed by atoms with Crippen molar-refractivity contribution in [3.8, 4) is 5.75 Å². The van der Waals surface area contributed by atoms with E-state index in [4.69, 9.17) is 9.47 Å². The smallest absolute Gasteiger partial charge is 0.408 e. The molecule has 0 unspecified atom stereocenters. The maximum absolute atomic E-state index is 12.3. The van der Waals surface area contributed by atoms with Crippen LogP contribution in [0.25, 0.3) is 0 Å². The van der Waals surface area contributed by atoms with E-state index in [1.54, 1.807) is 45.0 Å². The predicted octanol–water partition coefficient (Wildman–Crippen LogP) is 3.73. The van der Waals surface area contributed by atoms with Gasteiger partial charge in [0.05, 0.1) is 13.0 Å². The Morgan fingerprint density at radius 2 is 1.52 bits per heavy atom. The summed E-state index contributed by atoms with van der Waals surface area (Å²) in [6, 6.07) is 14.1. The lowest BCUT2D eigenvalue weighted by Gasteiger charge is -2.19. The molecule has 31 heavy (non-hydrogen) atoms. The molecule has 0 spiro atoms. The Labute approximate surface area is 182 Å². The van der Waals surface area contributed by atoms with Crippen LogP contribution < -0.4 is 20.7 Å². The van der Waals surface area contributed by atoms with Gasteiger partial charge in [-0.25, -0.2) is 4.79 Å². The highest BCUT2D eigenvalue weighted by Gasteiger charge is 2.16. The largest absolute Gasteiger partial charge is 0.494 e. The second kappa shape index (κ2) is 11.0. The van der Waals surface area contributed by atoms with Gasteiger partial charge in [-0.1, -0.05) is 18.2 Å². The zero-order valence-electron chi connectivity index (χ0n) is 18.3. The lowest BCUT2D eigenvalue weighted by Crippen LogP contribution is -2.37. The summed E-state index contributed by atoms with van der Waals surface area (Å²) in [7, 11) is 0. The monoisotopic (exact) mass is 427 g/mol. The second-order valence-electron chi connectivity index (χ2n) is 7.79. The average molecular weight is 428 g/mol. The minimum atomic E-state index is -0.669. The summed E-state index contributed by atoms with van der Waals surface area (Å²) >= 11 is 0. The second-order valence-corrected chi connectivity index (χ2v) is 7.79. The fourth-order valence-corrected chi connectivity index (χ4v) is 2.61. The topological polar surface area (TPSA) is 106 Å². The standard InChI is InChI=1S/C23H29N3O5/c1-5-30-19-11-9-16(10-12-19)13-20(27)25-17-7-6-8-18(14-17)26-21(28)15-24-22(29)31-23(2,3)4/h6-12,14H,5,13,15H2,1-4H3,(H,24,29)(H,25,27)(H,26,28). The number of amides is 3. The molecule has 0 aliphatic heterocycles. The van der Waals surface area contributed by atoms with E-state index >= 15 is 0 Å². The van der Waals surface area contributed by atoms with E-state index in [0.717, 1.165) is 11.3 Å². The number of ether oxygens (including phenoxy) is 2. The van der Waals surface area contributed by atoms with Crippen LogP contribution in [0.2, 0.25) is 0 Å². The predicted molar refractivity (Wildman–Crippen MR) is 119 cm³/mol. The molecule has 8 heteroatoms. The number of alkyl carbamates (subject to hydrolysis) is 1. The normalized spacial score (nSPS) is 10.7. The quantitative estimate of drug-likeness (QED) is 0.595. The van der Waals surface area contributed by atoms with Gasteiger partial charge in [0.15, 0.2) is 0 Å². The van der Waals surface area contributed by atoms with E-state index in [2.05, 4.69) is 16.0 Å². The van der Waals surface area contributed by atoms with E-state index in [0.29, 0.717) is 18.0 Å². The van der Waals surface area contributed by atoms with E-state index in [1.165, 1.54) is 0 Å². The van der Waals surface area contributed by atoms with Gasteiger partial charge in [-0.15, -0.1) is 0 Å². The van der Waals surface area contributed by atoms with Crippen LogP contribution >= 0.6 is 0 Å². The van der Waals surface area contributed by atoms with E-state index in [1.807, 2.05) is 31.2 Å². The van der Waals surface area contributed by atoms with Crippen molar-refractivity contribution >= 4 is 29.3 Å². The Hall–Kier alpha value is -3.55. The molecule has 0 heterocycles. The van der Waals surface area contributed by atoms with Gasteiger partial charge >= 0.3 is 6.09 Å². The number of anilines is 2. The van der Waals surface area contributed by atoms with E-state index < -0.39 is 17.6 Å². The van der Waals surface area contributed by atoms with Crippen molar-refractivity contribution in [2.24, 2.45) is 0 Å². The Kier molecular flexibility index (Phi) is 8.43. The molecular formula is C23H29N3O5. The minimum Gasteiger partial charge on any atom is -0.494 e. The maximum atomic E-state index is 12.3. The highest BCUT2D eigenvalue weighted by molar-refractivity contribution is 5.96. The molecule has 0 radical (unpaired) electrons. The summed E-state index contributed by atoms with van der Waals surface area (Å²) in [5.41, 5.74) is 1.26. The number of rotatable bonds is 8. The first-order valence-corrected chi connectivity index (χ1v) is 10.0. The van der Waals surface area contributed by atoms with Crippen molar-refractivity contribution in [2.75, 3.05) is 23.8 Å². The van der Waals surface area contributed by atoms with Gasteiger partial charge in [-0.05, 0) is 63.6 Å². The van der Waals surface area contributed by atoms with Crippen LogP contribution in [0, 0.1) is 0 Å². The molecule has 0 fully saturated rings. The summed E-state index contributed by atoms with van der Waals surface area (Å²) in [6.07, 6.45) is -0.457. The summed E-state index contributed by atoms with van der Waals surface area (Å²) < 4.78 is 10.5. The molecule has 0 bridgehead atoms. The zero-order valence-corrected chi connectivity index (χ0v) is 18.3. The molecule has 0 atom stereocenters. The van der Waals surface area contributed by atoms with Gasteiger partial charge in [0.1, 0.15) is 17.9 Å². The molecule has 166 valence electrons. The Balaban J connectivity index is 1.84. The highest BCUT2D eigenvalue weighted by Crippen LogP contribution is 2.17. The van der Waals surface area contributed by atoms with E-state index in [-0.39, 0.29) is 18.9 Å². The molecule has 2 aromatic carbocycles. The SMILES string of the molecule is CCOc1ccc(CC(=O)Nc2cccc(NC(=O)CNC(=O)OC(C)(C)C)c2)cc1. The van der Waals surface area contributed by atoms with Crippen molar-refractivity contribution in [1.82, 2.24) is 5.32 Å². The van der Waals surface area contributed by atoms with Crippen LogP contribution in [0.15, 0.2) is 48.5 Å². The molecule has 0 aromatic heterocycles. The third kappa shape index (κ3) is 9.20. The van der Waals surface area contributed by atoms with Crippen LogP contribution in [0.3, 0.4) is 0 Å².